The molecule has 0 saturated carbocycles. The number of nitrogens with one attached hydrogen (secondary N) is 1. The van der Waals surface area contributed by atoms with E-state index in [1.54, 1.807) is 6.07 Å². The summed E-state index contributed by atoms with van der Waals surface area (Å²) in [6, 6.07) is 9.23. The number of alkyl carbamates (subject to hydrolysis) is 1. The normalized spacial score (nSPS) is 11.7. The number of benzene rings is 1. The Kier molecular flexibility index (Phi) is 4.54. The molecule has 1 N–H and O–H groups in total. The van der Waals surface area contributed by atoms with Crippen LogP contribution in [-0.2, 0) is 14.3 Å². The highest BCUT2D eigenvalue weighted by molar-refractivity contribution is 7.20. The van der Waals surface area contributed by atoms with Gasteiger partial charge >= 0.3 is 12.1 Å². The molecule has 1 heterocycles. The van der Waals surface area contributed by atoms with Crippen LogP contribution in [0, 0.1) is 0 Å². The van der Waals surface area contributed by atoms with E-state index < -0.39 is 24.1 Å². The molecule has 0 radical (unpaired) electrons. The zero-order valence-electron chi connectivity index (χ0n) is 11.4. The number of hydrogen-bond donors (Lipinski definition) is 1. The predicted octanol–water partition coefficient (Wildman–Crippen LogP) is 2.33. The Balaban J connectivity index is 2.03. The lowest BCUT2D eigenvalue weighted by molar-refractivity contribution is -0.128. The Labute approximate surface area is 124 Å². The van der Waals surface area contributed by atoms with E-state index >= 15 is 0 Å². The quantitative estimate of drug-likeness (QED) is 0.880. The van der Waals surface area contributed by atoms with Gasteiger partial charge in [-0.1, -0.05) is 18.2 Å². The standard InChI is InChI=1S/C14H13NO5S/c1-8(12(16)15-14(18)19-2)20-13(17)11-7-9-5-3-4-6-10(9)21-11/h3-8H,1-2H3,(H,15,16,18)/t8-/m0/s1. The number of rotatable bonds is 3. The Morgan fingerprint density at radius 1 is 1.24 bits per heavy atom. The zero-order valence-corrected chi connectivity index (χ0v) is 12.2. The van der Waals surface area contributed by atoms with Crippen molar-refractivity contribution >= 4 is 39.4 Å². The number of ether oxygens (including phenoxy) is 2. The van der Waals surface area contributed by atoms with Crippen LogP contribution in [0.25, 0.3) is 10.1 Å². The Morgan fingerprint density at radius 3 is 2.62 bits per heavy atom. The summed E-state index contributed by atoms with van der Waals surface area (Å²) >= 11 is 1.28. The molecule has 0 saturated heterocycles. The number of methoxy groups -OCH3 is 1. The van der Waals surface area contributed by atoms with Crippen molar-refractivity contribution in [2.45, 2.75) is 13.0 Å². The molecule has 0 aliphatic heterocycles. The molecule has 0 spiro atoms. The van der Waals surface area contributed by atoms with Gasteiger partial charge in [0.1, 0.15) is 4.88 Å². The minimum absolute atomic E-state index is 0.397. The monoisotopic (exact) mass is 307 g/mol. The summed E-state index contributed by atoms with van der Waals surface area (Å²) in [4.78, 5) is 34.8. The molecule has 1 aromatic heterocycles. The summed E-state index contributed by atoms with van der Waals surface area (Å²) in [6.07, 6.45) is -1.99. The molecule has 0 aliphatic rings. The molecular weight excluding hydrogens is 294 g/mol. The van der Waals surface area contributed by atoms with E-state index in [9.17, 15) is 14.4 Å². The van der Waals surface area contributed by atoms with Crippen molar-refractivity contribution in [2.75, 3.05) is 7.11 Å². The average Bonchev–Trinajstić information content (AvgIpc) is 2.90. The SMILES string of the molecule is COC(=O)NC(=O)[C@H](C)OC(=O)c1cc2ccccc2s1. The van der Waals surface area contributed by atoms with Crippen molar-refractivity contribution in [1.29, 1.82) is 0 Å². The van der Waals surface area contributed by atoms with Gasteiger partial charge in [0, 0.05) is 4.70 Å². The van der Waals surface area contributed by atoms with Gasteiger partial charge in [0.15, 0.2) is 6.10 Å². The number of hydrogen-bond acceptors (Lipinski definition) is 6. The maximum Gasteiger partial charge on any atom is 0.413 e. The average molecular weight is 307 g/mol. The zero-order chi connectivity index (χ0) is 15.4. The summed E-state index contributed by atoms with van der Waals surface area (Å²) in [7, 11) is 1.14. The number of amides is 2. The largest absolute Gasteiger partial charge is 0.453 e. The third-order valence-electron chi connectivity index (χ3n) is 2.69. The summed E-state index contributed by atoms with van der Waals surface area (Å²) in [5.41, 5.74) is 0. The fourth-order valence-corrected chi connectivity index (χ4v) is 2.55. The van der Waals surface area contributed by atoms with E-state index in [1.165, 1.54) is 18.3 Å². The minimum Gasteiger partial charge on any atom is -0.453 e. The lowest BCUT2D eigenvalue weighted by atomic mass is 10.2. The first-order chi connectivity index (χ1) is 10.0. The first-order valence-corrected chi connectivity index (χ1v) is 6.91. The molecule has 0 bridgehead atoms. The molecule has 6 nitrogen and oxygen atoms in total. The molecule has 0 unspecified atom stereocenters. The van der Waals surface area contributed by atoms with E-state index in [-0.39, 0.29) is 0 Å². The second-order valence-corrected chi connectivity index (χ2v) is 5.26. The third-order valence-corrected chi connectivity index (χ3v) is 3.79. The van der Waals surface area contributed by atoms with Crippen molar-refractivity contribution in [3.05, 3.63) is 35.2 Å². The van der Waals surface area contributed by atoms with Crippen LogP contribution in [0.5, 0.6) is 0 Å². The maximum absolute atomic E-state index is 12.0. The van der Waals surface area contributed by atoms with E-state index in [2.05, 4.69) is 4.74 Å². The topological polar surface area (TPSA) is 81.7 Å². The lowest BCUT2D eigenvalue weighted by Crippen LogP contribution is -2.39. The molecule has 2 amide bonds. The van der Waals surface area contributed by atoms with Crippen molar-refractivity contribution in [3.63, 3.8) is 0 Å². The molecular formula is C14H13NO5S. The highest BCUT2D eigenvalue weighted by atomic mass is 32.1. The second kappa shape index (κ2) is 6.36. The molecule has 2 rings (SSSR count). The molecule has 2 aromatic rings. The number of carbonyl (C=O) groups is 3. The highest BCUT2D eigenvalue weighted by Gasteiger charge is 2.22. The van der Waals surface area contributed by atoms with Gasteiger partial charge in [-0.3, -0.25) is 10.1 Å². The summed E-state index contributed by atoms with van der Waals surface area (Å²) in [5.74, 6) is -1.35. The summed E-state index contributed by atoms with van der Waals surface area (Å²) in [6.45, 7) is 1.38. The fourth-order valence-electron chi connectivity index (χ4n) is 1.61. The van der Waals surface area contributed by atoms with Crippen molar-refractivity contribution in [1.82, 2.24) is 5.32 Å². The van der Waals surface area contributed by atoms with Gasteiger partial charge in [-0.15, -0.1) is 11.3 Å². The van der Waals surface area contributed by atoms with Gasteiger partial charge in [-0.05, 0) is 24.4 Å². The van der Waals surface area contributed by atoms with Crippen LogP contribution in [0.3, 0.4) is 0 Å². The van der Waals surface area contributed by atoms with Gasteiger partial charge in [-0.25, -0.2) is 9.59 Å². The molecule has 7 heteroatoms. The van der Waals surface area contributed by atoms with Crippen LogP contribution in [0.2, 0.25) is 0 Å². The molecule has 0 aliphatic carbocycles. The summed E-state index contributed by atoms with van der Waals surface area (Å²) < 4.78 is 10.3. The molecule has 1 atom stereocenters. The Bertz CT molecular complexity index is 660. The number of carbonyl (C=O) groups excluding carboxylic acids is 3. The first-order valence-electron chi connectivity index (χ1n) is 6.09. The molecule has 1 aromatic carbocycles. The first kappa shape index (κ1) is 15.0. The van der Waals surface area contributed by atoms with E-state index in [4.69, 9.17) is 4.74 Å². The molecule has 21 heavy (non-hydrogen) atoms. The highest BCUT2D eigenvalue weighted by Crippen LogP contribution is 2.25. The summed E-state index contributed by atoms with van der Waals surface area (Å²) in [5, 5.41) is 2.87. The van der Waals surface area contributed by atoms with E-state index in [0.29, 0.717) is 4.88 Å². The van der Waals surface area contributed by atoms with Gasteiger partial charge in [0.05, 0.1) is 7.11 Å². The predicted molar refractivity (Wildman–Crippen MR) is 77.3 cm³/mol. The van der Waals surface area contributed by atoms with Crippen LogP contribution >= 0.6 is 11.3 Å². The Hall–Kier alpha value is -2.41. The van der Waals surface area contributed by atoms with Crippen molar-refractivity contribution in [3.8, 4) is 0 Å². The number of imide groups is 1. The lowest BCUT2D eigenvalue weighted by Gasteiger charge is -2.11. The van der Waals surface area contributed by atoms with Crippen LogP contribution in [-0.4, -0.2) is 31.2 Å². The number of thiophene rings is 1. The van der Waals surface area contributed by atoms with E-state index in [0.717, 1.165) is 17.2 Å². The smallest absolute Gasteiger partial charge is 0.413 e. The third kappa shape index (κ3) is 3.57. The molecule has 110 valence electrons. The second-order valence-electron chi connectivity index (χ2n) is 4.18. The van der Waals surface area contributed by atoms with Crippen molar-refractivity contribution in [2.24, 2.45) is 0 Å². The Morgan fingerprint density at radius 2 is 1.95 bits per heavy atom. The van der Waals surface area contributed by atoms with Gasteiger partial charge in [0.25, 0.3) is 5.91 Å². The number of esters is 1. The van der Waals surface area contributed by atoms with Crippen LogP contribution in [0.4, 0.5) is 4.79 Å². The van der Waals surface area contributed by atoms with Crippen LogP contribution in [0.1, 0.15) is 16.6 Å². The minimum atomic E-state index is -1.10. The van der Waals surface area contributed by atoms with Crippen molar-refractivity contribution < 1.29 is 23.9 Å². The van der Waals surface area contributed by atoms with Crippen LogP contribution in [0.15, 0.2) is 30.3 Å². The number of fused-ring (bicyclic) bond motifs is 1. The van der Waals surface area contributed by atoms with Gasteiger partial charge < -0.3 is 9.47 Å². The van der Waals surface area contributed by atoms with E-state index in [1.807, 2.05) is 29.6 Å². The molecule has 0 fully saturated rings. The maximum atomic E-state index is 12.0. The van der Waals surface area contributed by atoms with Gasteiger partial charge in [-0.2, -0.15) is 0 Å². The van der Waals surface area contributed by atoms with Crippen LogP contribution < -0.4 is 5.32 Å². The fraction of sp³-hybridized carbons (Fsp3) is 0.214. The van der Waals surface area contributed by atoms with Gasteiger partial charge in [0.2, 0.25) is 0 Å².